The maximum atomic E-state index is 11.9. The van der Waals surface area contributed by atoms with Gasteiger partial charge in [0.15, 0.2) is 0 Å². The highest BCUT2D eigenvalue weighted by atomic mass is 16.2. The normalized spacial score (nSPS) is 15.6. The van der Waals surface area contributed by atoms with E-state index in [-0.39, 0.29) is 5.57 Å². The second kappa shape index (κ2) is 4.08. The summed E-state index contributed by atoms with van der Waals surface area (Å²) < 4.78 is 0. The first kappa shape index (κ1) is 10.9. The molecule has 5 nitrogen and oxygen atoms in total. The van der Waals surface area contributed by atoms with Gasteiger partial charge in [0.2, 0.25) is 0 Å². The highest BCUT2D eigenvalue weighted by Gasteiger charge is 2.36. The lowest BCUT2D eigenvalue weighted by Crippen LogP contribution is -2.54. The number of carbonyl (C=O) groups excluding carboxylic acids is 3. The van der Waals surface area contributed by atoms with Crippen molar-refractivity contribution >= 4 is 23.5 Å². The quantitative estimate of drug-likeness (QED) is 0.442. The van der Waals surface area contributed by atoms with Crippen LogP contribution < -0.4 is 10.2 Å². The van der Waals surface area contributed by atoms with Gasteiger partial charge in [-0.25, -0.2) is 9.69 Å². The summed E-state index contributed by atoms with van der Waals surface area (Å²) >= 11 is 0. The molecule has 0 saturated carbocycles. The van der Waals surface area contributed by atoms with Gasteiger partial charge in [-0.2, -0.15) is 0 Å². The van der Waals surface area contributed by atoms with E-state index < -0.39 is 17.8 Å². The van der Waals surface area contributed by atoms with E-state index in [1.54, 1.807) is 30.3 Å². The zero-order valence-corrected chi connectivity index (χ0v) is 8.77. The molecule has 1 aliphatic heterocycles. The summed E-state index contributed by atoms with van der Waals surface area (Å²) in [4.78, 5) is 35.6. The Morgan fingerprint density at radius 1 is 1.12 bits per heavy atom. The van der Waals surface area contributed by atoms with Crippen LogP contribution in [0.25, 0.3) is 0 Å². The lowest BCUT2D eigenvalue weighted by atomic mass is 10.1. The van der Waals surface area contributed by atoms with Gasteiger partial charge in [-0.05, 0) is 12.1 Å². The number of nitrogens with one attached hydrogen (secondary N) is 1. The number of nitrogens with zero attached hydrogens (tertiary/aromatic N) is 1. The van der Waals surface area contributed by atoms with Crippen molar-refractivity contribution in [1.29, 1.82) is 0 Å². The summed E-state index contributed by atoms with van der Waals surface area (Å²) in [5.41, 5.74) is 2.35. The molecule has 1 aliphatic rings. The Morgan fingerprint density at radius 2 is 1.76 bits per heavy atom. The summed E-state index contributed by atoms with van der Waals surface area (Å²) in [6.45, 7) is 3.26. The van der Waals surface area contributed by atoms with E-state index in [1.165, 1.54) is 0 Å². The van der Waals surface area contributed by atoms with Crippen molar-refractivity contribution in [1.82, 2.24) is 5.32 Å². The van der Waals surface area contributed by atoms with Crippen molar-refractivity contribution in [3.8, 4) is 0 Å². The fourth-order valence-corrected chi connectivity index (χ4v) is 1.48. The molecule has 0 aromatic heterocycles. The van der Waals surface area contributed by atoms with Crippen LogP contribution >= 0.6 is 0 Å². The van der Waals surface area contributed by atoms with Gasteiger partial charge >= 0.3 is 6.03 Å². The molecule has 4 amide bonds. The van der Waals surface area contributed by atoms with E-state index in [4.69, 9.17) is 0 Å². The largest absolute Gasteiger partial charge is 0.335 e. The first-order valence-corrected chi connectivity index (χ1v) is 4.80. The maximum absolute atomic E-state index is 11.9. The van der Waals surface area contributed by atoms with E-state index in [1.807, 2.05) is 5.32 Å². The zero-order chi connectivity index (χ0) is 12.4. The van der Waals surface area contributed by atoms with Crippen LogP contribution in [-0.2, 0) is 9.59 Å². The summed E-state index contributed by atoms with van der Waals surface area (Å²) in [6.07, 6.45) is 0. The van der Waals surface area contributed by atoms with Gasteiger partial charge < -0.3 is 0 Å². The standard InChI is InChI=1S/C12H8N2O3/c1-2-9-10(15)13-12(17)14(11(9)16)8-6-4-3-5-7-8/h3-7H,1H2,(H,13,15,17). The SMILES string of the molecule is C=C=C1C(=O)NC(=O)N(c2ccccc2)C1=O. The number of hydrogen-bond acceptors (Lipinski definition) is 3. The molecule has 1 fully saturated rings. The second-order valence-electron chi connectivity index (χ2n) is 3.29. The zero-order valence-electron chi connectivity index (χ0n) is 8.77. The lowest BCUT2D eigenvalue weighted by Gasteiger charge is -2.25. The van der Waals surface area contributed by atoms with E-state index >= 15 is 0 Å². The van der Waals surface area contributed by atoms with Crippen LogP contribution in [0.4, 0.5) is 10.5 Å². The minimum atomic E-state index is -0.776. The molecule has 0 atom stereocenters. The smallest absolute Gasteiger partial charge is 0.272 e. The molecule has 1 heterocycles. The summed E-state index contributed by atoms with van der Waals surface area (Å²) in [7, 11) is 0. The molecule has 5 heteroatoms. The molecule has 0 unspecified atom stereocenters. The predicted molar refractivity (Wildman–Crippen MR) is 60.1 cm³/mol. The van der Waals surface area contributed by atoms with Crippen molar-refractivity contribution in [2.45, 2.75) is 0 Å². The number of rotatable bonds is 1. The van der Waals surface area contributed by atoms with Gasteiger partial charge in [0.1, 0.15) is 5.57 Å². The van der Waals surface area contributed by atoms with E-state index in [9.17, 15) is 14.4 Å². The van der Waals surface area contributed by atoms with Gasteiger partial charge in [0.25, 0.3) is 11.8 Å². The van der Waals surface area contributed by atoms with Gasteiger partial charge in [0.05, 0.1) is 5.69 Å². The van der Waals surface area contributed by atoms with Crippen LogP contribution in [0.5, 0.6) is 0 Å². The van der Waals surface area contributed by atoms with Gasteiger partial charge in [-0.3, -0.25) is 14.9 Å². The number of urea groups is 1. The first-order chi connectivity index (χ1) is 8.15. The van der Waals surface area contributed by atoms with Gasteiger partial charge in [0, 0.05) is 0 Å². The van der Waals surface area contributed by atoms with Crippen LogP contribution in [0.3, 0.4) is 0 Å². The molecule has 0 aliphatic carbocycles. The first-order valence-electron chi connectivity index (χ1n) is 4.80. The van der Waals surface area contributed by atoms with Gasteiger partial charge in [-0.1, -0.05) is 24.8 Å². The van der Waals surface area contributed by atoms with Crippen molar-refractivity contribution in [3.05, 3.63) is 48.2 Å². The average Bonchev–Trinajstić information content (AvgIpc) is 2.30. The maximum Gasteiger partial charge on any atom is 0.335 e. The van der Waals surface area contributed by atoms with E-state index in [2.05, 4.69) is 12.3 Å². The van der Waals surface area contributed by atoms with Crippen LogP contribution in [0.1, 0.15) is 0 Å². The molecule has 0 spiro atoms. The number of amides is 4. The van der Waals surface area contributed by atoms with E-state index in [0.29, 0.717) is 5.69 Å². The average molecular weight is 228 g/mol. The minimum Gasteiger partial charge on any atom is -0.272 e. The fraction of sp³-hybridized carbons (Fsp3) is 0. The molecule has 1 N–H and O–H groups in total. The van der Waals surface area contributed by atoms with Crippen LogP contribution in [0, 0.1) is 0 Å². The molecule has 17 heavy (non-hydrogen) atoms. The van der Waals surface area contributed by atoms with Crippen LogP contribution in [0.2, 0.25) is 0 Å². The Bertz CT molecular complexity index is 556. The predicted octanol–water partition coefficient (Wildman–Crippen LogP) is 0.981. The fourth-order valence-electron chi connectivity index (χ4n) is 1.48. The monoisotopic (exact) mass is 228 g/mol. The molecule has 1 aromatic carbocycles. The molecule has 1 saturated heterocycles. The Kier molecular flexibility index (Phi) is 2.60. The summed E-state index contributed by atoms with van der Waals surface area (Å²) in [6, 6.07) is 7.53. The molecule has 0 radical (unpaired) electrons. The number of hydrogen-bond donors (Lipinski definition) is 1. The number of imide groups is 2. The second-order valence-corrected chi connectivity index (χ2v) is 3.29. The van der Waals surface area contributed by atoms with Crippen LogP contribution in [0.15, 0.2) is 48.2 Å². The van der Waals surface area contributed by atoms with Crippen molar-refractivity contribution in [3.63, 3.8) is 0 Å². The Hall–Kier alpha value is -2.65. The highest BCUT2D eigenvalue weighted by molar-refractivity contribution is 6.37. The third kappa shape index (κ3) is 1.75. The number of benzene rings is 1. The Morgan fingerprint density at radius 3 is 2.35 bits per heavy atom. The van der Waals surface area contributed by atoms with Gasteiger partial charge in [-0.15, -0.1) is 5.73 Å². The molecule has 2 rings (SSSR count). The van der Waals surface area contributed by atoms with E-state index in [0.717, 1.165) is 4.90 Å². The number of anilines is 1. The third-order valence-electron chi connectivity index (χ3n) is 2.26. The Balaban J connectivity index is 2.48. The van der Waals surface area contributed by atoms with Crippen molar-refractivity contribution < 1.29 is 14.4 Å². The van der Waals surface area contributed by atoms with Crippen molar-refractivity contribution in [2.75, 3.05) is 4.90 Å². The molecular weight excluding hydrogens is 220 g/mol. The summed E-state index contributed by atoms with van der Waals surface area (Å²) in [5, 5.41) is 2.05. The number of para-hydroxylation sites is 1. The number of barbiturate groups is 1. The Labute approximate surface area is 97.0 Å². The molecule has 0 bridgehead atoms. The number of carbonyl (C=O) groups is 3. The van der Waals surface area contributed by atoms with Crippen LogP contribution in [-0.4, -0.2) is 17.8 Å². The minimum absolute atomic E-state index is 0.270. The third-order valence-corrected chi connectivity index (χ3v) is 2.26. The topological polar surface area (TPSA) is 66.5 Å². The lowest BCUT2D eigenvalue weighted by molar-refractivity contribution is -0.122. The van der Waals surface area contributed by atoms with Crippen molar-refractivity contribution in [2.24, 2.45) is 0 Å². The summed E-state index contributed by atoms with van der Waals surface area (Å²) in [5.74, 6) is -1.50. The molecule has 1 aromatic rings. The molecular formula is C12H8N2O3. The molecule has 84 valence electrons. The highest BCUT2D eigenvalue weighted by Crippen LogP contribution is 2.18.